The number of hydrogen-bond donors (Lipinski definition) is 1. The normalized spacial score (nSPS) is 12.9. The maximum atomic E-state index is 13.6. The second kappa shape index (κ2) is 7.20. The van der Waals surface area contributed by atoms with Crippen LogP contribution in [0.25, 0.3) is 4.96 Å². The highest BCUT2D eigenvalue weighted by atomic mass is 32.2. The molecule has 0 saturated carbocycles. The van der Waals surface area contributed by atoms with E-state index in [1.807, 2.05) is 0 Å². The maximum Gasteiger partial charge on any atom is 0.258 e. The van der Waals surface area contributed by atoms with Gasteiger partial charge in [0.1, 0.15) is 11.1 Å². The van der Waals surface area contributed by atoms with Crippen LogP contribution in [0.3, 0.4) is 0 Å². The molecule has 1 amide bonds. The number of hydrogen-bond acceptors (Lipinski definition) is 6. The van der Waals surface area contributed by atoms with Crippen molar-refractivity contribution in [3.05, 3.63) is 63.3 Å². The Hall–Kier alpha value is -2.59. The monoisotopic (exact) mass is 409 g/mol. The van der Waals surface area contributed by atoms with Crippen LogP contribution in [-0.4, -0.2) is 29.0 Å². The van der Waals surface area contributed by atoms with Gasteiger partial charge in [0.05, 0.1) is 17.1 Å². The second-order valence-corrected chi connectivity index (χ2v) is 9.16. The molecule has 0 radical (unpaired) electrons. The number of benzene rings is 1. The van der Waals surface area contributed by atoms with Gasteiger partial charge in [0.25, 0.3) is 5.56 Å². The lowest BCUT2D eigenvalue weighted by Crippen LogP contribution is -2.34. The highest BCUT2D eigenvalue weighted by Gasteiger charge is 2.29. The fourth-order valence-corrected chi connectivity index (χ4v) is 4.55. The van der Waals surface area contributed by atoms with Gasteiger partial charge in [-0.25, -0.2) is 17.8 Å². The number of halogens is 1. The molecule has 3 aromatic rings. The Morgan fingerprint density at radius 2 is 2.07 bits per heavy atom. The van der Waals surface area contributed by atoms with E-state index < -0.39 is 32.6 Å². The molecule has 0 aliphatic carbocycles. The number of fused-ring (bicyclic) bond motifs is 1. The molecule has 0 saturated heterocycles. The van der Waals surface area contributed by atoms with Crippen molar-refractivity contribution in [2.75, 3.05) is 5.32 Å². The van der Waals surface area contributed by atoms with Crippen LogP contribution in [0, 0.1) is 12.7 Å². The quantitative estimate of drug-likeness (QED) is 0.696. The molecule has 1 N–H and O–H groups in total. The fraction of sp³-hybridized carbons (Fsp3) is 0.235. The van der Waals surface area contributed by atoms with E-state index >= 15 is 0 Å². The van der Waals surface area contributed by atoms with E-state index in [9.17, 15) is 22.4 Å². The molecular weight excluding hydrogens is 393 g/mol. The standard InChI is InChI=1S/C17H16FN3O4S2/c1-10-8-26-17-19-12(7-15(22)21(10)17)9-27(24,25)11(2)16(23)20-14-6-4-3-5-13(14)18/h3-8,11H,9H2,1-2H3,(H,20,23). The molecule has 0 aliphatic heterocycles. The molecule has 2 aromatic heterocycles. The summed E-state index contributed by atoms with van der Waals surface area (Å²) in [5.74, 6) is -2.09. The molecular formula is C17H16FN3O4S2. The minimum Gasteiger partial charge on any atom is -0.322 e. The maximum absolute atomic E-state index is 13.6. The minimum absolute atomic E-state index is 0.0624. The second-order valence-electron chi connectivity index (χ2n) is 6.00. The first-order valence-electron chi connectivity index (χ1n) is 7.93. The zero-order chi connectivity index (χ0) is 19.8. The van der Waals surface area contributed by atoms with Gasteiger partial charge in [-0.05, 0) is 26.0 Å². The number of thiazole rings is 1. The van der Waals surface area contributed by atoms with Crippen molar-refractivity contribution in [2.24, 2.45) is 0 Å². The van der Waals surface area contributed by atoms with E-state index in [1.54, 1.807) is 12.3 Å². The summed E-state index contributed by atoms with van der Waals surface area (Å²) in [5, 5.41) is 2.57. The first-order chi connectivity index (χ1) is 12.7. The number of nitrogens with one attached hydrogen (secondary N) is 1. The van der Waals surface area contributed by atoms with Gasteiger partial charge >= 0.3 is 0 Å². The highest BCUT2D eigenvalue weighted by molar-refractivity contribution is 7.92. The number of anilines is 1. The average molecular weight is 409 g/mol. The predicted molar refractivity (Wildman–Crippen MR) is 101 cm³/mol. The first-order valence-corrected chi connectivity index (χ1v) is 10.5. The largest absolute Gasteiger partial charge is 0.322 e. The number of rotatable bonds is 5. The third-order valence-corrected chi connectivity index (χ3v) is 6.95. The third kappa shape index (κ3) is 3.91. The molecule has 1 unspecified atom stereocenters. The van der Waals surface area contributed by atoms with Gasteiger partial charge < -0.3 is 5.32 Å². The third-order valence-electron chi connectivity index (χ3n) is 4.02. The summed E-state index contributed by atoms with van der Waals surface area (Å²) in [6, 6.07) is 6.61. The van der Waals surface area contributed by atoms with E-state index in [4.69, 9.17) is 0 Å². The number of carbonyl (C=O) groups is 1. The number of para-hydroxylation sites is 1. The molecule has 0 fully saturated rings. The van der Waals surface area contributed by atoms with Crippen molar-refractivity contribution in [2.45, 2.75) is 24.9 Å². The Morgan fingerprint density at radius 3 is 2.78 bits per heavy atom. The number of carbonyl (C=O) groups excluding carboxylic acids is 1. The Labute approximate surface area is 158 Å². The molecule has 10 heteroatoms. The lowest BCUT2D eigenvalue weighted by atomic mass is 10.3. The molecule has 7 nitrogen and oxygen atoms in total. The van der Waals surface area contributed by atoms with E-state index in [2.05, 4.69) is 10.3 Å². The average Bonchev–Trinajstić information content (AvgIpc) is 2.97. The Bertz CT molecular complexity index is 1180. The van der Waals surface area contributed by atoms with Crippen LogP contribution < -0.4 is 10.9 Å². The fourth-order valence-electron chi connectivity index (χ4n) is 2.47. The zero-order valence-corrected chi connectivity index (χ0v) is 16.1. The summed E-state index contributed by atoms with van der Waals surface area (Å²) in [6.45, 7) is 2.96. The SMILES string of the molecule is Cc1csc2nc(CS(=O)(=O)C(C)C(=O)Nc3ccccc3F)cc(=O)n12. The van der Waals surface area contributed by atoms with E-state index in [0.29, 0.717) is 10.7 Å². The van der Waals surface area contributed by atoms with Crippen LogP contribution in [0.2, 0.25) is 0 Å². The van der Waals surface area contributed by atoms with Crippen molar-refractivity contribution < 1.29 is 17.6 Å². The van der Waals surface area contributed by atoms with Gasteiger partial charge in [0.2, 0.25) is 5.91 Å². The zero-order valence-electron chi connectivity index (χ0n) is 14.5. The van der Waals surface area contributed by atoms with Crippen LogP contribution >= 0.6 is 11.3 Å². The molecule has 1 atom stereocenters. The highest BCUT2D eigenvalue weighted by Crippen LogP contribution is 2.17. The molecule has 2 heterocycles. The number of aryl methyl sites for hydroxylation is 1. The van der Waals surface area contributed by atoms with Gasteiger partial charge in [-0.2, -0.15) is 0 Å². The van der Waals surface area contributed by atoms with Crippen molar-refractivity contribution >= 4 is 37.7 Å². The molecule has 142 valence electrons. The number of sulfone groups is 1. The van der Waals surface area contributed by atoms with Gasteiger partial charge in [0.15, 0.2) is 14.8 Å². The summed E-state index contributed by atoms with van der Waals surface area (Å²) >= 11 is 1.22. The van der Waals surface area contributed by atoms with E-state index in [0.717, 1.165) is 12.1 Å². The van der Waals surface area contributed by atoms with Crippen molar-refractivity contribution in [3.8, 4) is 0 Å². The smallest absolute Gasteiger partial charge is 0.258 e. The van der Waals surface area contributed by atoms with E-state index in [-0.39, 0.29) is 16.9 Å². The number of aromatic nitrogens is 2. The van der Waals surface area contributed by atoms with Gasteiger partial charge in [-0.15, -0.1) is 11.3 Å². The van der Waals surface area contributed by atoms with Crippen LogP contribution in [-0.2, 0) is 20.4 Å². The van der Waals surface area contributed by atoms with Crippen molar-refractivity contribution in [3.63, 3.8) is 0 Å². The number of nitrogens with zero attached hydrogens (tertiary/aromatic N) is 2. The number of amides is 1. The summed E-state index contributed by atoms with van der Waals surface area (Å²) < 4.78 is 40.2. The molecule has 0 bridgehead atoms. The predicted octanol–water partition coefficient (Wildman–Crippen LogP) is 2.15. The molecule has 1 aromatic carbocycles. The lowest BCUT2D eigenvalue weighted by molar-refractivity contribution is -0.115. The molecule has 27 heavy (non-hydrogen) atoms. The van der Waals surface area contributed by atoms with Crippen LogP contribution in [0.1, 0.15) is 18.3 Å². The van der Waals surface area contributed by atoms with E-state index in [1.165, 1.54) is 40.9 Å². The summed E-state index contributed by atoms with van der Waals surface area (Å²) in [5.41, 5.74) is 0.288. The Morgan fingerprint density at radius 1 is 1.37 bits per heavy atom. The van der Waals surface area contributed by atoms with Crippen LogP contribution in [0.15, 0.2) is 40.5 Å². The topological polar surface area (TPSA) is 97.6 Å². The summed E-state index contributed by atoms with van der Waals surface area (Å²) in [4.78, 5) is 29.0. The molecule has 3 rings (SSSR count). The van der Waals surface area contributed by atoms with Crippen molar-refractivity contribution in [1.29, 1.82) is 0 Å². The van der Waals surface area contributed by atoms with Crippen LogP contribution in [0.5, 0.6) is 0 Å². The molecule has 0 spiro atoms. The lowest BCUT2D eigenvalue weighted by Gasteiger charge is -2.13. The Balaban J connectivity index is 1.82. The summed E-state index contributed by atoms with van der Waals surface area (Å²) in [7, 11) is -3.96. The van der Waals surface area contributed by atoms with Crippen molar-refractivity contribution in [1.82, 2.24) is 9.38 Å². The minimum atomic E-state index is -3.96. The van der Waals surface area contributed by atoms with Gasteiger partial charge in [-0.3, -0.25) is 14.0 Å². The Kier molecular flexibility index (Phi) is 5.11. The van der Waals surface area contributed by atoms with Gasteiger partial charge in [0, 0.05) is 17.1 Å². The van der Waals surface area contributed by atoms with Gasteiger partial charge in [-0.1, -0.05) is 12.1 Å². The molecule has 0 aliphatic rings. The van der Waals surface area contributed by atoms with Crippen LogP contribution in [0.4, 0.5) is 10.1 Å². The first kappa shape index (κ1) is 19.2. The summed E-state index contributed by atoms with van der Waals surface area (Å²) in [6.07, 6.45) is 0.